The van der Waals surface area contributed by atoms with Crippen molar-refractivity contribution in [1.82, 2.24) is 4.90 Å². The minimum Gasteiger partial charge on any atom is -0.481 e. The van der Waals surface area contributed by atoms with E-state index in [1.165, 1.54) is 0 Å². The van der Waals surface area contributed by atoms with Crippen LogP contribution in [0.3, 0.4) is 0 Å². The van der Waals surface area contributed by atoms with Crippen molar-refractivity contribution in [3.05, 3.63) is 34.9 Å². The molecule has 4 heteroatoms. The van der Waals surface area contributed by atoms with Crippen LogP contribution in [0.1, 0.15) is 38.2 Å². The predicted octanol–water partition coefficient (Wildman–Crippen LogP) is 3.81. The van der Waals surface area contributed by atoms with Gasteiger partial charge in [0.05, 0.1) is 0 Å². The molecule has 0 heterocycles. The molecule has 0 spiro atoms. The standard InChI is InChI=1S/C15H22ClNO2/c1-2-3-10-17(11-6-9-15(18)19)12-13-7-4-5-8-14(13)16/h4-5,7-8H,2-3,6,9-12H2,1H3,(H,18,19). The van der Waals surface area contributed by atoms with Crippen LogP contribution in [0.5, 0.6) is 0 Å². The van der Waals surface area contributed by atoms with Crippen LogP contribution in [0.15, 0.2) is 24.3 Å². The quantitative estimate of drug-likeness (QED) is 0.749. The number of hydrogen-bond acceptors (Lipinski definition) is 2. The third-order valence-electron chi connectivity index (χ3n) is 3.04. The minimum absolute atomic E-state index is 0.227. The average molecular weight is 284 g/mol. The zero-order chi connectivity index (χ0) is 14.1. The number of carboxylic acids is 1. The summed E-state index contributed by atoms with van der Waals surface area (Å²) < 4.78 is 0. The molecule has 0 aliphatic rings. The number of unbranched alkanes of at least 4 members (excludes halogenated alkanes) is 1. The molecule has 0 saturated heterocycles. The first kappa shape index (κ1) is 16.0. The molecule has 0 aromatic heterocycles. The Bertz CT molecular complexity index is 395. The second-order valence-corrected chi connectivity index (χ2v) is 5.13. The second-order valence-electron chi connectivity index (χ2n) is 4.72. The molecule has 0 bridgehead atoms. The number of benzene rings is 1. The molecule has 106 valence electrons. The summed E-state index contributed by atoms with van der Waals surface area (Å²) in [6.07, 6.45) is 3.17. The summed E-state index contributed by atoms with van der Waals surface area (Å²) in [6, 6.07) is 7.83. The van der Waals surface area contributed by atoms with Crippen molar-refractivity contribution in [2.24, 2.45) is 0 Å². The molecular weight excluding hydrogens is 262 g/mol. The Morgan fingerprint density at radius 1 is 1.26 bits per heavy atom. The summed E-state index contributed by atoms with van der Waals surface area (Å²) in [5.41, 5.74) is 1.11. The van der Waals surface area contributed by atoms with Crippen LogP contribution in [0.25, 0.3) is 0 Å². The summed E-state index contributed by atoms with van der Waals surface area (Å²) in [6.45, 7) is 4.74. The van der Waals surface area contributed by atoms with Crippen LogP contribution in [-0.2, 0) is 11.3 Å². The van der Waals surface area contributed by atoms with Crippen LogP contribution >= 0.6 is 11.6 Å². The van der Waals surface area contributed by atoms with Gasteiger partial charge in [0, 0.05) is 18.0 Å². The Morgan fingerprint density at radius 2 is 1.95 bits per heavy atom. The monoisotopic (exact) mass is 283 g/mol. The third kappa shape index (κ3) is 6.60. The maximum atomic E-state index is 10.6. The highest BCUT2D eigenvalue weighted by atomic mass is 35.5. The van der Waals surface area contributed by atoms with Crippen LogP contribution in [-0.4, -0.2) is 29.1 Å². The number of carboxylic acid groups (broad SMARTS) is 1. The highest BCUT2D eigenvalue weighted by Crippen LogP contribution is 2.17. The first-order valence-electron chi connectivity index (χ1n) is 6.81. The molecule has 19 heavy (non-hydrogen) atoms. The smallest absolute Gasteiger partial charge is 0.303 e. The fraction of sp³-hybridized carbons (Fsp3) is 0.533. The van der Waals surface area contributed by atoms with Crippen molar-refractivity contribution in [3.63, 3.8) is 0 Å². The van der Waals surface area contributed by atoms with Crippen molar-refractivity contribution in [1.29, 1.82) is 0 Å². The van der Waals surface area contributed by atoms with Gasteiger partial charge in [-0.15, -0.1) is 0 Å². The maximum Gasteiger partial charge on any atom is 0.303 e. The Kier molecular flexibility index (Phi) is 7.53. The van der Waals surface area contributed by atoms with Crippen molar-refractivity contribution < 1.29 is 9.90 Å². The first-order valence-corrected chi connectivity index (χ1v) is 7.18. The largest absolute Gasteiger partial charge is 0.481 e. The van der Waals surface area contributed by atoms with Gasteiger partial charge in [-0.3, -0.25) is 9.69 Å². The van der Waals surface area contributed by atoms with E-state index in [0.717, 1.165) is 43.1 Å². The SMILES string of the molecule is CCCCN(CCCC(=O)O)Cc1ccccc1Cl. The topological polar surface area (TPSA) is 40.5 Å². The zero-order valence-corrected chi connectivity index (χ0v) is 12.2. The Labute approximate surface area is 120 Å². The molecule has 1 rings (SSSR count). The summed E-state index contributed by atoms with van der Waals surface area (Å²) in [5.74, 6) is -0.729. The van der Waals surface area contributed by atoms with E-state index in [2.05, 4.69) is 11.8 Å². The lowest BCUT2D eigenvalue weighted by Gasteiger charge is -2.22. The molecule has 0 radical (unpaired) electrons. The molecule has 0 atom stereocenters. The van der Waals surface area contributed by atoms with Crippen LogP contribution in [0.2, 0.25) is 5.02 Å². The lowest BCUT2D eigenvalue weighted by Crippen LogP contribution is -2.26. The van der Waals surface area contributed by atoms with Crippen molar-refractivity contribution in [2.45, 2.75) is 39.2 Å². The predicted molar refractivity (Wildman–Crippen MR) is 78.5 cm³/mol. The third-order valence-corrected chi connectivity index (χ3v) is 3.41. The van der Waals surface area contributed by atoms with Crippen molar-refractivity contribution in [3.8, 4) is 0 Å². The average Bonchev–Trinajstić information content (AvgIpc) is 2.37. The zero-order valence-electron chi connectivity index (χ0n) is 11.4. The van der Waals surface area contributed by atoms with E-state index in [1.807, 2.05) is 24.3 Å². The summed E-state index contributed by atoms with van der Waals surface area (Å²) >= 11 is 6.17. The Balaban J connectivity index is 2.53. The number of aliphatic carboxylic acids is 1. The maximum absolute atomic E-state index is 10.6. The van der Waals surface area contributed by atoms with Gasteiger partial charge < -0.3 is 5.11 Å². The molecule has 0 aliphatic carbocycles. The fourth-order valence-electron chi connectivity index (χ4n) is 1.97. The molecule has 1 aromatic carbocycles. The van der Waals surface area contributed by atoms with Gasteiger partial charge in [0.2, 0.25) is 0 Å². The van der Waals surface area contributed by atoms with E-state index in [4.69, 9.17) is 16.7 Å². The van der Waals surface area contributed by atoms with E-state index in [-0.39, 0.29) is 6.42 Å². The van der Waals surface area contributed by atoms with Gasteiger partial charge in [-0.1, -0.05) is 43.1 Å². The first-order chi connectivity index (χ1) is 9.13. The molecule has 0 aliphatic heterocycles. The van der Waals surface area contributed by atoms with E-state index < -0.39 is 5.97 Å². The van der Waals surface area contributed by atoms with Crippen molar-refractivity contribution in [2.75, 3.05) is 13.1 Å². The summed E-state index contributed by atoms with van der Waals surface area (Å²) in [4.78, 5) is 12.9. The highest BCUT2D eigenvalue weighted by molar-refractivity contribution is 6.31. The van der Waals surface area contributed by atoms with Gasteiger partial charge in [0.15, 0.2) is 0 Å². The van der Waals surface area contributed by atoms with Gasteiger partial charge in [0.25, 0.3) is 0 Å². The Morgan fingerprint density at radius 3 is 2.58 bits per heavy atom. The van der Waals surface area contributed by atoms with Crippen LogP contribution < -0.4 is 0 Å². The van der Waals surface area contributed by atoms with E-state index in [9.17, 15) is 4.79 Å². The molecule has 0 saturated carbocycles. The molecule has 0 amide bonds. The molecule has 0 fully saturated rings. The lowest BCUT2D eigenvalue weighted by atomic mass is 10.2. The van der Waals surface area contributed by atoms with Gasteiger partial charge in [-0.2, -0.15) is 0 Å². The Hall–Kier alpha value is -1.06. The molecular formula is C15H22ClNO2. The number of nitrogens with zero attached hydrogens (tertiary/aromatic N) is 1. The minimum atomic E-state index is -0.729. The summed E-state index contributed by atoms with van der Waals surface area (Å²) in [5, 5.41) is 9.48. The number of carbonyl (C=O) groups is 1. The fourth-order valence-corrected chi connectivity index (χ4v) is 2.17. The highest BCUT2D eigenvalue weighted by Gasteiger charge is 2.08. The van der Waals surface area contributed by atoms with Gasteiger partial charge in [-0.25, -0.2) is 0 Å². The molecule has 1 N–H and O–H groups in total. The van der Waals surface area contributed by atoms with Crippen LogP contribution in [0.4, 0.5) is 0 Å². The van der Waals surface area contributed by atoms with Crippen LogP contribution in [0, 0.1) is 0 Å². The number of rotatable bonds is 9. The number of hydrogen-bond donors (Lipinski definition) is 1. The van der Waals surface area contributed by atoms with E-state index >= 15 is 0 Å². The normalized spacial score (nSPS) is 10.9. The van der Waals surface area contributed by atoms with Gasteiger partial charge >= 0.3 is 5.97 Å². The molecule has 3 nitrogen and oxygen atoms in total. The summed E-state index contributed by atoms with van der Waals surface area (Å²) in [7, 11) is 0. The second kappa shape index (κ2) is 8.94. The molecule has 0 unspecified atom stereocenters. The van der Waals surface area contributed by atoms with Gasteiger partial charge in [0.1, 0.15) is 0 Å². The molecule has 1 aromatic rings. The van der Waals surface area contributed by atoms with E-state index in [1.54, 1.807) is 0 Å². The van der Waals surface area contributed by atoms with E-state index in [0.29, 0.717) is 6.42 Å². The van der Waals surface area contributed by atoms with Gasteiger partial charge in [-0.05, 0) is 37.6 Å². The van der Waals surface area contributed by atoms with Crippen molar-refractivity contribution >= 4 is 17.6 Å². The number of halogens is 1. The lowest BCUT2D eigenvalue weighted by molar-refractivity contribution is -0.137.